The quantitative estimate of drug-likeness (QED) is 0.764. The number of carbonyl (C=O) groups is 2. The van der Waals surface area contributed by atoms with Crippen molar-refractivity contribution in [2.24, 2.45) is 5.92 Å². The van der Waals surface area contributed by atoms with Gasteiger partial charge in [0.1, 0.15) is 0 Å². The number of amides is 2. The maximum atomic E-state index is 13.1. The Morgan fingerprint density at radius 2 is 1.93 bits per heavy atom. The molecule has 1 N–H and O–H groups in total. The smallest absolute Gasteiger partial charge is 0.231 e. The lowest BCUT2D eigenvalue weighted by molar-refractivity contribution is -0.136. The van der Waals surface area contributed by atoms with E-state index in [0.717, 1.165) is 31.1 Å². The van der Waals surface area contributed by atoms with Crippen molar-refractivity contribution in [3.63, 3.8) is 0 Å². The van der Waals surface area contributed by atoms with Crippen LogP contribution in [0.15, 0.2) is 18.2 Å². The van der Waals surface area contributed by atoms with E-state index in [1.54, 1.807) is 0 Å². The van der Waals surface area contributed by atoms with Crippen molar-refractivity contribution in [3.05, 3.63) is 23.8 Å². The highest BCUT2D eigenvalue weighted by Crippen LogP contribution is 2.48. The van der Waals surface area contributed by atoms with Gasteiger partial charge in [-0.05, 0) is 56.0 Å². The number of hydrogen-bond acceptors (Lipinski definition) is 5. The van der Waals surface area contributed by atoms with E-state index in [-0.39, 0.29) is 18.6 Å². The molecule has 0 spiro atoms. The average molecular weight is 399 g/mol. The first-order valence-corrected chi connectivity index (χ1v) is 10.8. The number of nitrogens with zero attached hydrogens (tertiary/aromatic N) is 2. The first-order valence-electron chi connectivity index (χ1n) is 10.8. The monoisotopic (exact) mass is 399 g/mol. The van der Waals surface area contributed by atoms with Crippen LogP contribution in [0.4, 0.5) is 0 Å². The summed E-state index contributed by atoms with van der Waals surface area (Å²) in [4.78, 5) is 29.0. The molecule has 3 atom stereocenters. The Morgan fingerprint density at radius 1 is 1.14 bits per heavy atom. The highest BCUT2D eigenvalue weighted by molar-refractivity contribution is 5.77. The van der Waals surface area contributed by atoms with Crippen LogP contribution in [0.25, 0.3) is 0 Å². The Kier molecular flexibility index (Phi) is 4.86. The summed E-state index contributed by atoms with van der Waals surface area (Å²) in [7, 11) is 0. The minimum Gasteiger partial charge on any atom is -0.454 e. The van der Waals surface area contributed by atoms with Crippen LogP contribution in [0, 0.1) is 5.92 Å². The molecule has 0 unspecified atom stereocenters. The van der Waals surface area contributed by atoms with Gasteiger partial charge in [-0.3, -0.25) is 14.5 Å². The number of fused-ring (bicyclic) bond motifs is 3. The van der Waals surface area contributed by atoms with Gasteiger partial charge < -0.3 is 19.7 Å². The van der Waals surface area contributed by atoms with Gasteiger partial charge in [-0.15, -0.1) is 0 Å². The van der Waals surface area contributed by atoms with Gasteiger partial charge in [0.25, 0.3) is 0 Å². The van der Waals surface area contributed by atoms with E-state index in [0.29, 0.717) is 43.3 Å². The molecule has 2 amide bonds. The van der Waals surface area contributed by atoms with Crippen molar-refractivity contribution in [1.82, 2.24) is 15.1 Å². The van der Waals surface area contributed by atoms with Crippen molar-refractivity contribution < 1.29 is 19.1 Å². The highest BCUT2D eigenvalue weighted by Gasteiger charge is 2.54. The third-order valence-electron chi connectivity index (χ3n) is 7.08. The van der Waals surface area contributed by atoms with E-state index in [4.69, 9.17) is 9.47 Å². The molecule has 156 valence electrons. The number of piperidine rings is 3. The molecule has 4 fully saturated rings. The number of nitrogens with one attached hydrogen (secondary N) is 1. The lowest BCUT2D eigenvalue weighted by Crippen LogP contribution is -2.60. The summed E-state index contributed by atoms with van der Waals surface area (Å²) < 4.78 is 11.1. The third kappa shape index (κ3) is 3.35. The molecular weight excluding hydrogens is 370 g/mol. The normalized spacial score (nSPS) is 31.6. The molecule has 6 rings (SSSR count). The Balaban J connectivity index is 1.36. The van der Waals surface area contributed by atoms with Gasteiger partial charge in [0.15, 0.2) is 11.5 Å². The molecule has 0 aliphatic carbocycles. The molecule has 4 saturated heterocycles. The van der Waals surface area contributed by atoms with Crippen LogP contribution < -0.4 is 14.8 Å². The predicted octanol–water partition coefficient (Wildman–Crippen LogP) is 1.72. The van der Waals surface area contributed by atoms with Gasteiger partial charge in [0, 0.05) is 38.4 Å². The van der Waals surface area contributed by atoms with Crippen molar-refractivity contribution >= 4 is 11.8 Å². The lowest BCUT2D eigenvalue weighted by atomic mass is 9.75. The molecule has 7 nitrogen and oxygen atoms in total. The van der Waals surface area contributed by atoms with Crippen LogP contribution in [0.1, 0.15) is 44.1 Å². The minimum atomic E-state index is -0.0426. The van der Waals surface area contributed by atoms with Crippen LogP contribution in [-0.4, -0.2) is 66.7 Å². The van der Waals surface area contributed by atoms with Crippen LogP contribution in [-0.2, 0) is 9.59 Å². The van der Waals surface area contributed by atoms with Crippen molar-refractivity contribution in [2.45, 2.75) is 50.6 Å². The van der Waals surface area contributed by atoms with E-state index in [1.807, 2.05) is 6.07 Å². The number of rotatable bonds is 5. The Bertz CT molecular complexity index is 805. The van der Waals surface area contributed by atoms with E-state index in [2.05, 4.69) is 27.2 Å². The maximum absolute atomic E-state index is 13.1. The summed E-state index contributed by atoms with van der Waals surface area (Å²) in [5.41, 5.74) is 1.24. The molecule has 0 radical (unpaired) electrons. The van der Waals surface area contributed by atoms with E-state index >= 15 is 0 Å². The van der Waals surface area contributed by atoms with Crippen molar-refractivity contribution in [2.75, 3.05) is 33.0 Å². The predicted molar refractivity (Wildman–Crippen MR) is 107 cm³/mol. The first kappa shape index (κ1) is 18.7. The lowest BCUT2D eigenvalue weighted by Gasteiger charge is -2.51. The topological polar surface area (TPSA) is 71.1 Å². The third-order valence-corrected chi connectivity index (χ3v) is 7.08. The van der Waals surface area contributed by atoms with Crippen LogP contribution in [0.3, 0.4) is 0 Å². The fraction of sp³-hybridized carbons (Fsp3) is 0.636. The van der Waals surface area contributed by atoms with Crippen LogP contribution in [0.2, 0.25) is 0 Å². The Morgan fingerprint density at radius 3 is 2.72 bits per heavy atom. The number of hydrogen-bond donors (Lipinski definition) is 1. The van der Waals surface area contributed by atoms with E-state index < -0.39 is 0 Å². The average Bonchev–Trinajstić information content (AvgIpc) is 3.37. The van der Waals surface area contributed by atoms with Gasteiger partial charge in [-0.2, -0.15) is 0 Å². The number of ether oxygens (including phenoxy) is 2. The van der Waals surface area contributed by atoms with Gasteiger partial charge in [0.05, 0.1) is 6.04 Å². The standard InChI is InChI=1S/C22H29N3O4/c1-14(26)23-8-2-3-20(27)25-12-17(16-4-5-18-19(11-16)29-13-28-18)22-21(25)15-6-9-24(22)10-7-15/h4-5,11,15,17,21-22H,2-3,6-10,12-13H2,1H3,(H,23,26)/t17-,21+,22+/m0/s1. The van der Waals surface area contributed by atoms with Crippen LogP contribution in [0.5, 0.6) is 11.5 Å². The molecule has 5 aliphatic heterocycles. The fourth-order valence-electron chi connectivity index (χ4n) is 5.79. The SMILES string of the molecule is CC(=O)NCCCC(=O)N1C[C@@H](c2ccc3c(c2)OCO3)[C@@H]2[C@H]1C1CCN2CC1. The second-order valence-corrected chi connectivity index (χ2v) is 8.71. The summed E-state index contributed by atoms with van der Waals surface area (Å²) in [6.45, 7) is 5.39. The molecule has 1 aromatic rings. The molecule has 0 aromatic heterocycles. The second-order valence-electron chi connectivity index (χ2n) is 8.71. The minimum absolute atomic E-state index is 0.0426. The van der Waals surface area contributed by atoms with Gasteiger partial charge in [-0.1, -0.05) is 6.07 Å². The number of carbonyl (C=O) groups excluding carboxylic acids is 2. The van der Waals surface area contributed by atoms with Crippen molar-refractivity contribution in [1.29, 1.82) is 0 Å². The molecule has 1 aromatic carbocycles. The Hall–Kier alpha value is -2.28. The maximum Gasteiger partial charge on any atom is 0.231 e. The molecular formula is C22H29N3O4. The molecule has 0 saturated carbocycles. The zero-order chi connectivity index (χ0) is 20.0. The Labute approximate surface area is 171 Å². The van der Waals surface area contributed by atoms with Gasteiger partial charge in [-0.25, -0.2) is 0 Å². The zero-order valence-corrected chi connectivity index (χ0v) is 16.9. The molecule has 5 aliphatic rings. The molecule has 7 heteroatoms. The highest BCUT2D eigenvalue weighted by atomic mass is 16.7. The molecule has 29 heavy (non-hydrogen) atoms. The number of likely N-dealkylation sites (tertiary alicyclic amines) is 1. The number of benzene rings is 1. The van der Waals surface area contributed by atoms with Gasteiger partial charge >= 0.3 is 0 Å². The van der Waals surface area contributed by atoms with E-state index in [9.17, 15) is 9.59 Å². The van der Waals surface area contributed by atoms with Gasteiger partial charge in [0.2, 0.25) is 18.6 Å². The summed E-state index contributed by atoms with van der Waals surface area (Å²) in [5.74, 6) is 2.70. The van der Waals surface area contributed by atoms with Crippen molar-refractivity contribution in [3.8, 4) is 11.5 Å². The molecule has 5 heterocycles. The largest absolute Gasteiger partial charge is 0.454 e. The fourth-order valence-corrected chi connectivity index (χ4v) is 5.79. The first-order chi connectivity index (χ1) is 14.1. The van der Waals surface area contributed by atoms with Crippen LogP contribution >= 0.6 is 0 Å². The summed E-state index contributed by atoms with van der Waals surface area (Å²) >= 11 is 0. The summed E-state index contributed by atoms with van der Waals surface area (Å²) in [5, 5.41) is 2.79. The summed E-state index contributed by atoms with van der Waals surface area (Å²) in [6.07, 6.45) is 3.55. The summed E-state index contributed by atoms with van der Waals surface area (Å²) in [6, 6.07) is 6.95. The zero-order valence-electron chi connectivity index (χ0n) is 16.9. The van der Waals surface area contributed by atoms with E-state index in [1.165, 1.54) is 25.3 Å². The second kappa shape index (κ2) is 7.52. The molecule has 2 bridgehead atoms.